The van der Waals surface area contributed by atoms with Crippen LogP contribution in [0.1, 0.15) is 6.92 Å². The smallest absolute Gasteiger partial charge is 0.326 e. The number of urea groups is 1. The van der Waals surface area contributed by atoms with Crippen molar-refractivity contribution in [1.29, 1.82) is 0 Å². The molecule has 8 heteroatoms. The Morgan fingerprint density at radius 2 is 1.83 bits per heavy atom. The number of halogens is 2. The molecule has 3 aromatic carbocycles. The highest BCUT2D eigenvalue weighted by atomic mass is 127. The zero-order valence-corrected chi connectivity index (χ0v) is 18.4. The van der Waals surface area contributed by atoms with E-state index in [1.54, 1.807) is 19.1 Å². The van der Waals surface area contributed by atoms with Crippen LogP contribution in [-0.2, 0) is 4.79 Å². The number of carbonyl (C=O) groups excluding carboxylic acids is 2. The molecule has 0 aromatic heterocycles. The maximum absolute atomic E-state index is 15.5. The zero-order chi connectivity index (χ0) is 21.8. The number of anilines is 2. The summed E-state index contributed by atoms with van der Waals surface area (Å²) in [6.45, 7) is 1.65. The highest BCUT2D eigenvalue weighted by Crippen LogP contribution is 2.41. The van der Waals surface area contributed by atoms with Crippen LogP contribution in [0.25, 0.3) is 21.9 Å². The summed E-state index contributed by atoms with van der Waals surface area (Å²) in [5.41, 5.74) is 7.18. The molecule has 0 fully saturated rings. The summed E-state index contributed by atoms with van der Waals surface area (Å²) in [4.78, 5) is 23.6. The van der Waals surface area contributed by atoms with Gasteiger partial charge >= 0.3 is 6.03 Å². The number of imide groups is 1. The van der Waals surface area contributed by atoms with E-state index in [1.165, 1.54) is 25.3 Å². The molecular formula is C22H19FIN3O3. The van der Waals surface area contributed by atoms with Gasteiger partial charge in [0, 0.05) is 5.69 Å². The number of methoxy groups -OCH3 is 1. The number of benzene rings is 3. The van der Waals surface area contributed by atoms with Crippen molar-refractivity contribution in [1.82, 2.24) is 5.32 Å². The maximum atomic E-state index is 15.5. The molecule has 4 N–H and O–H groups in total. The van der Waals surface area contributed by atoms with Crippen molar-refractivity contribution in [2.75, 3.05) is 18.2 Å². The molecule has 0 heterocycles. The lowest BCUT2D eigenvalue weighted by atomic mass is 9.99. The number of nitrogens with one attached hydrogen (secondary N) is 2. The molecule has 3 amide bonds. The van der Waals surface area contributed by atoms with Crippen molar-refractivity contribution >= 4 is 56.7 Å². The second-order valence-electron chi connectivity index (χ2n) is 6.39. The third kappa shape index (κ3) is 4.54. The summed E-state index contributed by atoms with van der Waals surface area (Å²) < 4.78 is 21.5. The van der Waals surface area contributed by atoms with Gasteiger partial charge in [-0.1, -0.05) is 24.3 Å². The second kappa shape index (κ2) is 9.12. The van der Waals surface area contributed by atoms with Crippen LogP contribution in [0, 0.1) is 9.39 Å². The standard InChI is InChI=1S/C22H19FIN3O3/c1-3-4-18(28)27-22(29)26-17-11-16(24)21(30-2)19(20(17)23)14-6-5-13-10-15(25)8-7-12(13)9-14/h3-11H,25H2,1-2H3,(H2,26,27,28,29)/b4-3-. The minimum atomic E-state index is -0.835. The van der Waals surface area contributed by atoms with Gasteiger partial charge in [0.2, 0.25) is 0 Å². The Bertz CT molecular complexity index is 1180. The predicted octanol–water partition coefficient (Wildman–Crippen LogP) is 5.07. The van der Waals surface area contributed by atoms with Crippen molar-refractivity contribution in [2.45, 2.75) is 6.92 Å². The first-order valence-corrected chi connectivity index (χ1v) is 10.0. The van der Waals surface area contributed by atoms with Crippen LogP contribution in [-0.4, -0.2) is 19.0 Å². The summed E-state index contributed by atoms with van der Waals surface area (Å²) in [6, 6.07) is 11.5. The fraction of sp³-hybridized carbons (Fsp3) is 0.0909. The third-order valence-corrected chi connectivity index (χ3v) is 5.13. The molecule has 0 aliphatic carbocycles. The quantitative estimate of drug-likeness (QED) is 0.255. The van der Waals surface area contributed by atoms with E-state index in [0.717, 1.165) is 10.8 Å². The Balaban J connectivity index is 2.06. The Morgan fingerprint density at radius 1 is 1.13 bits per heavy atom. The fourth-order valence-electron chi connectivity index (χ4n) is 3.04. The molecular weight excluding hydrogens is 500 g/mol. The van der Waals surface area contributed by atoms with Crippen LogP contribution in [0.15, 0.2) is 54.6 Å². The van der Waals surface area contributed by atoms with Crippen molar-refractivity contribution in [2.24, 2.45) is 0 Å². The van der Waals surface area contributed by atoms with Crippen LogP contribution in [0.2, 0.25) is 0 Å². The number of ether oxygens (including phenoxy) is 1. The molecule has 0 atom stereocenters. The van der Waals surface area contributed by atoms with Gasteiger partial charge in [-0.05, 0) is 76.2 Å². The molecule has 6 nitrogen and oxygen atoms in total. The molecule has 3 aromatic rings. The zero-order valence-electron chi connectivity index (χ0n) is 16.3. The molecule has 154 valence electrons. The first kappa shape index (κ1) is 21.6. The first-order chi connectivity index (χ1) is 14.3. The minimum Gasteiger partial charge on any atom is -0.495 e. The van der Waals surface area contributed by atoms with Crippen molar-refractivity contribution in [3.63, 3.8) is 0 Å². The number of nitrogens with two attached hydrogens (primary N) is 1. The van der Waals surface area contributed by atoms with E-state index in [9.17, 15) is 9.59 Å². The minimum absolute atomic E-state index is 0.0709. The predicted molar refractivity (Wildman–Crippen MR) is 125 cm³/mol. The Morgan fingerprint density at radius 3 is 2.53 bits per heavy atom. The van der Waals surface area contributed by atoms with Crippen LogP contribution >= 0.6 is 22.6 Å². The van der Waals surface area contributed by atoms with E-state index >= 15 is 4.39 Å². The molecule has 0 aliphatic rings. The summed E-state index contributed by atoms with van der Waals surface area (Å²) in [5.74, 6) is -0.929. The average Bonchev–Trinajstić information content (AvgIpc) is 2.69. The van der Waals surface area contributed by atoms with E-state index in [2.05, 4.69) is 10.6 Å². The SMILES string of the molecule is C/C=C\C(=O)NC(=O)Nc1cc(I)c(OC)c(-c2ccc3cc(N)ccc3c2)c1F. The van der Waals surface area contributed by atoms with Crippen LogP contribution in [0.5, 0.6) is 5.75 Å². The van der Waals surface area contributed by atoms with Gasteiger partial charge in [-0.15, -0.1) is 0 Å². The summed E-state index contributed by atoms with van der Waals surface area (Å²) in [6.07, 6.45) is 2.69. The number of allylic oxidation sites excluding steroid dienone is 1. The van der Waals surface area contributed by atoms with Crippen LogP contribution < -0.4 is 21.1 Å². The monoisotopic (exact) mass is 519 g/mol. The number of amides is 3. The lowest BCUT2D eigenvalue weighted by Crippen LogP contribution is -2.33. The van der Waals surface area contributed by atoms with E-state index < -0.39 is 17.8 Å². The molecule has 3 rings (SSSR count). The lowest BCUT2D eigenvalue weighted by molar-refractivity contribution is -0.115. The van der Waals surface area contributed by atoms with Gasteiger partial charge in [-0.2, -0.15) is 0 Å². The number of rotatable bonds is 4. The number of carbonyl (C=O) groups is 2. The highest BCUT2D eigenvalue weighted by molar-refractivity contribution is 14.1. The third-order valence-electron chi connectivity index (χ3n) is 4.33. The van der Waals surface area contributed by atoms with Gasteiger partial charge in [0.05, 0.1) is 21.9 Å². The van der Waals surface area contributed by atoms with Crippen molar-refractivity contribution in [3.05, 3.63) is 64.0 Å². The van der Waals surface area contributed by atoms with E-state index in [0.29, 0.717) is 20.6 Å². The highest BCUT2D eigenvalue weighted by Gasteiger charge is 2.21. The Hall–Kier alpha value is -3.14. The van der Waals surface area contributed by atoms with E-state index in [1.807, 2.05) is 46.9 Å². The number of fused-ring (bicyclic) bond motifs is 1. The molecule has 0 radical (unpaired) electrons. The summed E-state index contributed by atoms with van der Waals surface area (Å²) in [7, 11) is 1.46. The van der Waals surface area contributed by atoms with Gasteiger partial charge in [0.25, 0.3) is 5.91 Å². The fourth-order valence-corrected chi connectivity index (χ4v) is 3.84. The van der Waals surface area contributed by atoms with Crippen molar-refractivity contribution < 1.29 is 18.7 Å². The normalized spacial score (nSPS) is 10.9. The molecule has 0 aliphatic heterocycles. The maximum Gasteiger partial charge on any atom is 0.326 e. The van der Waals surface area contributed by atoms with E-state index in [4.69, 9.17) is 10.5 Å². The molecule has 0 spiro atoms. The topological polar surface area (TPSA) is 93.5 Å². The summed E-state index contributed by atoms with van der Waals surface area (Å²) in [5, 5.41) is 6.30. The van der Waals surface area contributed by atoms with Gasteiger partial charge in [0.15, 0.2) is 5.82 Å². The summed E-state index contributed by atoms with van der Waals surface area (Å²) >= 11 is 2.01. The molecule has 0 bridgehead atoms. The number of hydrogen-bond donors (Lipinski definition) is 3. The van der Waals surface area contributed by atoms with Gasteiger partial charge in [0.1, 0.15) is 5.75 Å². The molecule has 0 unspecified atom stereocenters. The van der Waals surface area contributed by atoms with Crippen LogP contribution in [0.3, 0.4) is 0 Å². The van der Waals surface area contributed by atoms with Crippen molar-refractivity contribution in [3.8, 4) is 16.9 Å². The number of hydrogen-bond acceptors (Lipinski definition) is 4. The van der Waals surface area contributed by atoms with Gasteiger partial charge < -0.3 is 15.8 Å². The second-order valence-corrected chi connectivity index (χ2v) is 7.56. The van der Waals surface area contributed by atoms with E-state index in [-0.39, 0.29) is 11.3 Å². The average molecular weight is 519 g/mol. The van der Waals surface area contributed by atoms with Crippen LogP contribution in [0.4, 0.5) is 20.6 Å². The molecule has 0 saturated heterocycles. The van der Waals surface area contributed by atoms with Gasteiger partial charge in [-0.25, -0.2) is 9.18 Å². The molecule has 0 saturated carbocycles. The number of nitrogen functional groups attached to an aromatic ring is 1. The Labute approximate surface area is 186 Å². The lowest BCUT2D eigenvalue weighted by Gasteiger charge is -2.16. The first-order valence-electron chi connectivity index (χ1n) is 8.94. The molecule has 30 heavy (non-hydrogen) atoms. The van der Waals surface area contributed by atoms with Gasteiger partial charge in [-0.3, -0.25) is 10.1 Å². The Kier molecular flexibility index (Phi) is 6.56. The largest absolute Gasteiger partial charge is 0.495 e.